The van der Waals surface area contributed by atoms with Crippen molar-refractivity contribution in [3.05, 3.63) is 18.0 Å². The van der Waals surface area contributed by atoms with Crippen LogP contribution in [-0.2, 0) is 5.88 Å². The third-order valence-electron chi connectivity index (χ3n) is 3.73. The Hall–Kier alpha value is -0.830. The summed E-state index contributed by atoms with van der Waals surface area (Å²) in [7, 11) is 2.10. The topological polar surface area (TPSA) is 29.0 Å². The fourth-order valence-corrected chi connectivity index (χ4v) is 2.76. The maximum Gasteiger partial charge on any atom is 0.225 e. The summed E-state index contributed by atoms with van der Waals surface area (Å²) in [6.07, 6.45) is 8.88. The van der Waals surface area contributed by atoms with E-state index < -0.39 is 0 Å². The second-order valence-electron chi connectivity index (χ2n) is 4.96. The molecule has 1 heterocycles. The molecule has 0 saturated heterocycles. The van der Waals surface area contributed by atoms with E-state index in [0.717, 1.165) is 17.4 Å². The highest BCUT2D eigenvalue weighted by molar-refractivity contribution is 6.17. The minimum absolute atomic E-state index is 0.476. The zero-order chi connectivity index (χ0) is 12.3. The van der Waals surface area contributed by atoms with Crippen molar-refractivity contribution in [3.8, 4) is 0 Å². The molecule has 0 radical (unpaired) electrons. The lowest BCUT2D eigenvalue weighted by Crippen LogP contribution is -2.39. The van der Waals surface area contributed by atoms with E-state index in [1.54, 1.807) is 0 Å². The van der Waals surface area contributed by atoms with Gasteiger partial charge in [-0.3, -0.25) is 0 Å². The number of aromatic nitrogens is 2. The molecule has 0 spiro atoms. The molecule has 2 rings (SSSR count). The molecule has 1 fully saturated rings. The summed E-state index contributed by atoms with van der Waals surface area (Å²) in [5, 5.41) is 0. The van der Waals surface area contributed by atoms with Crippen LogP contribution in [0.2, 0.25) is 0 Å². The number of hydrogen-bond acceptors (Lipinski definition) is 3. The van der Waals surface area contributed by atoms with Crippen LogP contribution in [0.15, 0.2) is 12.4 Å². The van der Waals surface area contributed by atoms with Crippen molar-refractivity contribution in [3.63, 3.8) is 0 Å². The van der Waals surface area contributed by atoms with E-state index in [9.17, 15) is 0 Å². The number of alkyl halides is 1. The van der Waals surface area contributed by atoms with Crippen LogP contribution in [0.5, 0.6) is 0 Å². The number of rotatable bonds is 3. The zero-order valence-electron chi connectivity index (χ0n) is 10.6. The first-order valence-electron chi connectivity index (χ1n) is 6.32. The van der Waals surface area contributed by atoms with Gasteiger partial charge < -0.3 is 4.90 Å². The van der Waals surface area contributed by atoms with Gasteiger partial charge in [-0.25, -0.2) is 9.97 Å². The standard InChI is InChI=1S/C13H20ClN3/c1-10-5-3-4-6-12(10)17(2)13-15-8-11(7-14)9-16-13/h8-10,12H,3-7H2,1-2H3. The summed E-state index contributed by atoms with van der Waals surface area (Å²) in [6.45, 7) is 2.33. The predicted molar refractivity (Wildman–Crippen MR) is 71.4 cm³/mol. The van der Waals surface area contributed by atoms with Gasteiger partial charge in [0.05, 0.1) is 5.88 Å². The van der Waals surface area contributed by atoms with E-state index in [2.05, 4.69) is 28.8 Å². The van der Waals surface area contributed by atoms with E-state index in [4.69, 9.17) is 11.6 Å². The van der Waals surface area contributed by atoms with Gasteiger partial charge >= 0.3 is 0 Å². The minimum Gasteiger partial charge on any atom is -0.341 e. The Balaban J connectivity index is 2.09. The van der Waals surface area contributed by atoms with Crippen molar-refractivity contribution in [2.24, 2.45) is 5.92 Å². The smallest absolute Gasteiger partial charge is 0.225 e. The molecule has 17 heavy (non-hydrogen) atoms. The van der Waals surface area contributed by atoms with Crippen LogP contribution in [0.4, 0.5) is 5.95 Å². The summed E-state index contributed by atoms with van der Waals surface area (Å²) >= 11 is 5.74. The molecule has 3 nitrogen and oxygen atoms in total. The fourth-order valence-electron chi connectivity index (χ4n) is 2.62. The SMILES string of the molecule is CC1CCCCC1N(C)c1ncc(CCl)cn1. The van der Waals surface area contributed by atoms with Crippen LogP contribution in [0.1, 0.15) is 38.2 Å². The third kappa shape index (κ3) is 2.89. The molecule has 1 aliphatic carbocycles. The normalized spacial score (nSPS) is 24.6. The molecule has 1 aromatic rings. The fraction of sp³-hybridized carbons (Fsp3) is 0.692. The molecule has 2 atom stereocenters. The van der Waals surface area contributed by atoms with Gasteiger partial charge in [-0.1, -0.05) is 19.8 Å². The Bertz CT molecular complexity index is 352. The zero-order valence-corrected chi connectivity index (χ0v) is 11.3. The predicted octanol–water partition coefficient (Wildman–Crippen LogP) is 3.23. The molecule has 1 aliphatic rings. The molecule has 0 aromatic carbocycles. The van der Waals surface area contributed by atoms with Crippen LogP contribution in [-0.4, -0.2) is 23.1 Å². The number of halogens is 1. The van der Waals surface area contributed by atoms with Crippen molar-refractivity contribution in [2.45, 2.75) is 44.5 Å². The summed E-state index contributed by atoms with van der Waals surface area (Å²) in [5.74, 6) is 2.02. The Morgan fingerprint density at radius 2 is 1.94 bits per heavy atom. The van der Waals surface area contributed by atoms with Gasteiger partial charge in [0, 0.05) is 31.0 Å². The summed E-state index contributed by atoms with van der Waals surface area (Å²) in [6, 6.07) is 0.575. The van der Waals surface area contributed by atoms with Crippen molar-refractivity contribution >= 4 is 17.5 Å². The molecule has 0 bridgehead atoms. The number of nitrogens with zero attached hydrogens (tertiary/aromatic N) is 3. The van der Waals surface area contributed by atoms with Gasteiger partial charge in [-0.2, -0.15) is 0 Å². The largest absolute Gasteiger partial charge is 0.341 e. The second-order valence-corrected chi connectivity index (χ2v) is 5.23. The molecule has 2 unspecified atom stereocenters. The van der Waals surface area contributed by atoms with E-state index in [-0.39, 0.29) is 0 Å². The van der Waals surface area contributed by atoms with Gasteiger partial charge in [-0.05, 0) is 18.8 Å². The van der Waals surface area contributed by atoms with Crippen molar-refractivity contribution in [1.29, 1.82) is 0 Å². The average Bonchev–Trinajstić information content (AvgIpc) is 2.39. The van der Waals surface area contributed by atoms with Crippen LogP contribution < -0.4 is 4.90 Å². The lowest BCUT2D eigenvalue weighted by atomic mass is 9.85. The molecule has 1 saturated carbocycles. The summed E-state index contributed by atoms with van der Waals surface area (Å²) in [4.78, 5) is 11.0. The molecular weight excluding hydrogens is 234 g/mol. The van der Waals surface area contributed by atoms with Crippen LogP contribution >= 0.6 is 11.6 Å². The van der Waals surface area contributed by atoms with Gasteiger partial charge in [0.2, 0.25) is 5.95 Å². The highest BCUT2D eigenvalue weighted by Crippen LogP contribution is 2.28. The Morgan fingerprint density at radius 3 is 2.53 bits per heavy atom. The van der Waals surface area contributed by atoms with E-state index in [1.165, 1.54) is 25.7 Å². The van der Waals surface area contributed by atoms with Crippen molar-refractivity contribution in [2.75, 3.05) is 11.9 Å². The van der Waals surface area contributed by atoms with Crippen molar-refractivity contribution < 1.29 is 0 Å². The summed E-state index contributed by atoms with van der Waals surface area (Å²) < 4.78 is 0. The lowest BCUT2D eigenvalue weighted by molar-refractivity contribution is 0.319. The first-order valence-corrected chi connectivity index (χ1v) is 6.85. The highest BCUT2D eigenvalue weighted by atomic mass is 35.5. The molecule has 0 N–H and O–H groups in total. The first-order chi connectivity index (χ1) is 8.22. The monoisotopic (exact) mass is 253 g/mol. The van der Waals surface area contributed by atoms with E-state index >= 15 is 0 Å². The molecule has 1 aromatic heterocycles. The Kier molecular flexibility index (Phi) is 4.21. The minimum atomic E-state index is 0.476. The van der Waals surface area contributed by atoms with Gasteiger partial charge in [0.25, 0.3) is 0 Å². The number of anilines is 1. The maximum absolute atomic E-state index is 5.74. The molecular formula is C13H20ClN3. The molecule has 0 amide bonds. The van der Waals surface area contributed by atoms with E-state index in [1.807, 2.05) is 12.4 Å². The number of hydrogen-bond donors (Lipinski definition) is 0. The van der Waals surface area contributed by atoms with Crippen molar-refractivity contribution in [1.82, 2.24) is 9.97 Å². The third-order valence-corrected chi connectivity index (χ3v) is 4.03. The summed E-state index contributed by atoms with van der Waals surface area (Å²) in [5.41, 5.74) is 0.973. The van der Waals surface area contributed by atoms with Crippen LogP contribution in [0.3, 0.4) is 0 Å². The molecule has 94 valence electrons. The Morgan fingerprint density at radius 1 is 1.29 bits per heavy atom. The van der Waals surface area contributed by atoms with Crippen LogP contribution in [0, 0.1) is 5.92 Å². The lowest BCUT2D eigenvalue weighted by Gasteiger charge is -2.36. The Labute approximate surface area is 108 Å². The second kappa shape index (κ2) is 5.67. The van der Waals surface area contributed by atoms with Crippen LogP contribution in [0.25, 0.3) is 0 Å². The average molecular weight is 254 g/mol. The van der Waals surface area contributed by atoms with E-state index in [0.29, 0.717) is 11.9 Å². The molecule has 0 aliphatic heterocycles. The van der Waals surface area contributed by atoms with Gasteiger partial charge in [0.1, 0.15) is 0 Å². The first kappa shape index (κ1) is 12.6. The highest BCUT2D eigenvalue weighted by Gasteiger charge is 2.26. The van der Waals surface area contributed by atoms with Gasteiger partial charge in [-0.15, -0.1) is 11.6 Å². The maximum atomic E-state index is 5.74. The quantitative estimate of drug-likeness (QED) is 0.775. The molecule has 4 heteroatoms. The van der Waals surface area contributed by atoms with Gasteiger partial charge in [0.15, 0.2) is 0 Å².